The van der Waals surface area contributed by atoms with Gasteiger partial charge < -0.3 is 11.2 Å². The van der Waals surface area contributed by atoms with Crippen molar-refractivity contribution in [1.29, 1.82) is 0 Å². The minimum atomic E-state index is -0.319. The molecule has 0 saturated carbocycles. The molecule has 3 aromatic rings. The summed E-state index contributed by atoms with van der Waals surface area (Å²) in [5.41, 5.74) is 4.59. The zero-order chi connectivity index (χ0) is 21.3. The Morgan fingerprint density at radius 1 is 1.17 bits per heavy atom. The highest BCUT2D eigenvalue weighted by atomic mass is 19.1. The summed E-state index contributed by atoms with van der Waals surface area (Å²) in [6, 6.07) is 17.3. The number of halogens is 1. The molecule has 1 heterocycles. The van der Waals surface area contributed by atoms with Gasteiger partial charge in [0, 0.05) is 11.8 Å². The van der Waals surface area contributed by atoms with Crippen LogP contribution in [0.2, 0.25) is 0 Å². The first kappa shape index (κ1) is 20.7. The number of allylic oxidation sites excluding steroid dienone is 3. The van der Waals surface area contributed by atoms with E-state index in [0.717, 1.165) is 16.7 Å². The van der Waals surface area contributed by atoms with Crippen molar-refractivity contribution in [3.8, 4) is 11.3 Å². The fourth-order valence-corrected chi connectivity index (χ4v) is 2.90. The summed E-state index contributed by atoms with van der Waals surface area (Å²) in [5.74, 6) is 4.65. The van der Waals surface area contributed by atoms with Crippen LogP contribution in [0.15, 0.2) is 90.7 Å². The van der Waals surface area contributed by atoms with Gasteiger partial charge in [0.05, 0.1) is 24.0 Å². The van der Waals surface area contributed by atoms with E-state index in [9.17, 15) is 9.18 Å². The van der Waals surface area contributed by atoms with Gasteiger partial charge in [-0.1, -0.05) is 49.1 Å². The largest absolute Gasteiger partial charge is 0.324 e. The van der Waals surface area contributed by atoms with Gasteiger partial charge in [-0.3, -0.25) is 9.78 Å². The summed E-state index contributed by atoms with van der Waals surface area (Å²) >= 11 is 0. The van der Waals surface area contributed by atoms with Crippen LogP contribution in [0, 0.1) is 5.82 Å². The van der Waals surface area contributed by atoms with Gasteiger partial charge in [-0.05, 0) is 47.0 Å². The number of hydrogen-bond donors (Lipinski definition) is 2. The number of hydrogen-bond acceptors (Lipinski definition) is 4. The third kappa shape index (κ3) is 5.48. The van der Waals surface area contributed by atoms with Crippen LogP contribution in [0.1, 0.15) is 11.1 Å². The molecule has 0 aliphatic carbocycles. The van der Waals surface area contributed by atoms with E-state index >= 15 is 0 Å². The molecule has 6 heteroatoms. The predicted molar refractivity (Wildman–Crippen MR) is 119 cm³/mol. The molecule has 1 aromatic heterocycles. The molecule has 0 unspecified atom stereocenters. The lowest BCUT2D eigenvalue weighted by molar-refractivity contribution is -0.115. The lowest BCUT2D eigenvalue weighted by Gasteiger charge is -2.08. The van der Waals surface area contributed by atoms with Crippen molar-refractivity contribution in [2.75, 3.05) is 5.32 Å². The molecule has 0 radical (unpaired) electrons. The van der Waals surface area contributed by atoms with Gasteiger partial charge >= 0.3 is 0 Å². The van der Waals surface area contributed by atoms with Crippen LogP contribution >= 0.6 is 0 Å². The summed E-state index contributed by atoms with van der Waals surface area (Å²) in [4.78, 5) is 16.6. The number of amides is 1. The van der Waals surface area contributed by atoms with Crippen LogP contribution in [-0.4, -0.2) is 17.1 Å². The van der Waals surface area contributed by atoms with Crippen molar-refractivity contribution in [2.24, 2.45) is 10.9 Å². The molecule has 0 bridgehead atoms. The molecule has 0 spiro atoms. The van der Waals surface area contributed by atoms with Crippen molar-refractivity contribution >= 4 is 23.4 Å². The van der Waals surface area contributed by atoms with Gasteiger partial charge in [-0.25, -0.2) is 4.39 Å². The van der Waals surface area contributed by atoms with Crippen LogP contribution in [-0.2, 0) is 11.2 Å². The Morgan fingerprint density at radius 3 is 2.60 bits per heavy atom. The molecule has 0 aliphatic heterocycles. The Balaban J connectivity index is 1.62. The summed E-state index contributed by atoms with van der Waals surface area (Å²) in [6.07, 6.45) is 6.75. The van der Waals surface area contributed by atoms with Crippen LogP contribution < -0.4 is 11.2 Å². The highest BCUT2D eigenvalue weighted by Crippen LogP contribution is 2.20. The quantitative estimate of drug-likeness (QED) is 0.264. The first-order chi connectivity index (χ1) is 14.6. The molecule has 0 saturated heterocycles. The SMILES string of the molecule is C=C/C(=C\C=N/N)c1ccc(CC(=O)Nc2ccc(-c3cccc(F)c3)nc2)cc1. The van der Waals surface area contributed by atoms with E-state index in [1.54, 1.807) is 42.6 Å². The molecule has 150 valence electrons. The number of nitrogens with two attached hydrogens (primary N) is 1. The number of pyridine rings is 1. The molecule has 30 heavy (non-hydrogen) atoms. The highest BCUT2D eigenvalue weighted by Gasteiger charge is 2.07. The maximum Gasteiger partial charge on any atom is 0.228 e. The zero-order valence-electron chi connectivity index (χ0n) is 16.3. The van der Waals surface area contributed by atoms with Crippen LogP contribution in [0.4, 0.5) is 10.1 Å². The molecule has 3 N–H and O–H groups in total. The van der Waals surface area contributed by atoms with Crippen molar-refractivity contribution < 1.29 is 9.18 Å². The Hall–Kier alpha value is -4.06. The number of carbonyl (C=O) groups excluding carboxylic acids is 1. The Morgan fingerprint density at radius 2 is 1.97 bits per heavy atom. The maximum atomic E-state index is 13.4. The lowest BCUT2D eigenvalue weighted by Crippen LogP contribution is -2.14. The number of carbonyl (C=O) groups is 1. The van der Waals surface area contributed by atoms with Crippen LogP contribution in [0.3, 0.4) is 0 Å². The normalized spacial score (nSPS) is 11.4. The molecule has 0 atom stereocenters. The summed E-state index contributed by atoms with van der Waals surface area (Å²) in [7, 11) is 0. The second-order valence-electron chi connectivity index (χ2n) is 6.49. The molecule has 2 aromatic carbocycles. The van der Waals surface area contributed by atoms with Crippen molar-refractivity contribution in [1.82, 2.24) is 4.98 Å². The topological polar surface area (TPSA) is 80.4 Å². The Labute approximate surface area is 174 Å². The summed E-state index contributed by atoms with van der Waals surface area (Å²) in [6.45, 7) is 3.78. The number of rotatable bonds is 7. The van der Waals surface area contributed by atoms with Gasteiger partial charge in [-0.15, -0.1) is 0 Å². The molecule has 0 fully saturated rings. The molecule has 1 amide bonds. The smallest absolute Gasteiger partial charge is 0.228 e. The highest BCUT2D eigenvalue weighted by molar-refractivity contribution is 5.92. The maximum absolute atomic E-state index is 13.4. The number of aromatic nitrogens is 1. The van der Waals surface area contributed by atoms with Crippen molar-refractivity contribution in [3.05, 3.63) is 103 Å². The van der Waals surface area contributed by atoms with Gasteiger partial charge in [-0.2, -0.15) is 5.10 Å². The monoisotopic (exact) mass is 400 g/mol. The second kappa shape index (κ2) is 9.93. The zero-order valence-corrected chi connectivity index (χ0v) is 16.3. The Kier molecular flexibility index (Phi) is 6.84. The minimum Gasteiger partial charge on any atom is -0.324 e. The van der Waals surface area contributed by atoms with Crippen molar-refractivity contribution in [2.45, 2.75) is 6.42 Å². The first-order valence-electron chi connectivity index (χ1n) is 9.26. The average Bonchev–Trinajstić information content (AvgIpc) is 2.76. The molecule has 3 rings (SSSR count). The number of anilines is 1. The average molecular weight is 400 g/mol. The van der Waals surface area contributed by atoms with E-state index in [1.807, 2.05) is 24.3 Å². The number of nitrogens with zero attached hydrogens (tertiary/aromatic N) is 2. The number of nitrogens with one attached hydrogen (secondary N) is 1. The van der Waals surface area contributed by atoms with E-state index < -0.39 is 0 Å². The van der Waals surface area contributed by atoms with Gasteiger partial charge in [0.15, 0.2) is 0 Å². The summed E-state index contributed by atoms with van der Waals surface area (Å²) in [5, 5.41) is 6.27. The number of hydrazone groups is 1. The third-order valence-electron chi connectivity index (χ3n) is 4.38. The van der Waals surface area contributed by atoms with E-state index in [2.05, 4.69) is 22.0 Å². The van der Waals surface area contributed by atoms with E-state index in [0.29, 0.717) is 16.9 Å². The van der Waals surface area contributed by atoms with E-state index in [1.165, 1.54) is 18.3 Å². The van der Waals surface area contributed by atoms with Crippen LogP contribution in [0.25, 0.3) is 16.8 Å². The second-order valence-corrected chi connectivity index (χ2v) is 6.49. The summed E-state index contributed by atoms with van der Waals surface area (Å²) < 4.78 is 13.4. The molecule has 0 aliphatic rings. The van der Waals surface area contributed by atoms with E-state index in [4.69, 9.17) is 5.84 Å². The van der Waals surface area contributed by atoms with E-state index in [-0.39, 0.29) is 18.1 Å². The fourth-order valence-electron chi connectivity index (χ4n) is 2.90. The third-order valence-corrected chi connectivity index (χ3v) is 4.38. The van der Waals surface area contributed by atoms with Crippen molar-refractivity contribution in [3.63, 3.8) is 0 Å². The van der Waals surface area contributed by atoms with Gasteiger partial charge in [0.2, 0.25) is 5.91 Å². The van der Waals surface area contributed by atoms with Gasteiger partial charge in [0.25, 0.3) is 0 Å². The van der Waals surface area contributed by atoms with Gasteiger partial charge in [0.1, 0.15) is 5.82 Å². The Bertz CT molecular complexity index is 1090. The minimum absolute atomic E-state index is 0.155. The standard InChI is InChI=1S/C24H21FN4O/c1-2-18(12-13-28-26)19-8-6-17(7-9-19)14-24(30)29-22-10-11-23(27-16-22)20-4-3-5-21(25)15-20/h2-13,15-16H,1,14,26H2,(H,29,30)/b18-12+,28-13-. The molecular weight excluding hydrogens is 379 g/mol. The predicted octanol–water partition coefficient (Wildman–Crippen LogP) is 4.58. The molecule has 5 nitrogen and oxygen atoms in total. The number of benzene rings is 2. The molecular formula is C24H21FN4O. The fraction of sp³-hybridized carbons (Fsp3) is 0.0417. The van der Waals surface area contributed by atoms with Crippen LogP contribution in [0.5, 0.6) is 0 Å². The first-order valence-corrected chi connectivity index (χ1v) is 9.26. The lowest BCUT2D eigenvalue weighted by atomic mass is 10.0.